The molecular formula is C11H12O3. The minimum atomic E-state index is -0.580. The molecule has 74 valence electrons. The van der Waals surface area contributed by atoms with Crippen LogP contribution in [0.5, 0.6) is 0 Å². The van der Waals surface area contributed by atoms with E-state index in [9.17, 15) is 9.59 Å². The summed E-state index contributed by atoms with van der Waals surface area (Å²) in [5.41, 5.74) is 0.327. The maximum Gasteiger partial charge on any atom is 0.318 e. The van der Waals surface area contributed by atoms with Gasteiger partial charge in [0.15, 0.2) is 0 Å². The number of ether oxygens (including phenoxy) is 1. The van der Waals surface area contributed by atoms with Crippen LogP contribution in [0, 0.1) is 5.92 Å². The zero-order valence-corrected chi connectivity index (χ0v) is 8.03. The van der Waals surface area contributed by atoms with Gasteiger partial charge in [-0.3, -0.25) is 4.79 Å². The van der Waals surface area contributed by atoms with Crippen LogP contribution in [0.1, 0.15) is 13.3 Å². The molecule has 0 amide bonds. The predicted octanol–water partition coefficient (Wildman–Crippen LogP) is 1.44. The van der Waals surface area contributed by atoms with Crippen LogP contribution in [-0.4, -0.2) is 18.5 Å². The summed E-state index contributed by atoms with van der Waals surface area (Å²) in [5.74, 6) is 0.776. The summed E-state index contributed by atoms with van der Waals surface area (Å²) in [6.45, 7) is 2.30. The van der Waals surface area contributed by atoms with E-state index in [1.165, 1.54) is 0 Å². The predicted molar refractivity (Wildman–Crippen MR) is 52.2 cm³/mol. The van der Waals surface area contributed by atoms with Crippen LogP contribution in [0.15, 0.2) is 29.9 Å². The Morgan fingerprint density at radius 1 is 1.57 bits per heavy atom. The molecule has 1 atom stereocenters. The summed E-state index contributed by atoms with van der Waals surface area (Å²) < 4.78 is 4.94. The van der Waals surface area contributed by atoms with E-state index < -0.39 is 5.92 Å². The van der Waals surface area contributed by atoms with Crippen LogP contribution in [0.4, 0.5) is 0 Å². The van der Waals surface area contributed by atoms with Gasteiger partial charge in [0, 0.05) is 0 Å². The molecule has 1 aliphatic rings. The van der Waals surface area contributed by atoms with Gasteiger partial charge in [-0.05, 0) is 12.5 Å². The van der Waals surface area contributed by atoms with E-state index in [0.717, 1.165) is 6.42 Å². The molecule has 0 radical (unpaired) electrons. The average Bonchev–Trinajstić information content (AvgIpc) is 2.25. The van der Waals surface area contributed by atoms with Gasteiger partial charge in [-0.15, -0.1) is 0 Å². The van der Waals surface area contributed by atoms with E-state index in [-0.39, 0.29) is 5.97 Å². The molecule has 0 aliphatic heterocycles. The summed E-state index contributed by atoms with van der Waals surface area (Å²) in [6, 6.07) is 0. The zero-order chi connectivity index (χ0) is 10.4. The number of allylic oxidation sites excluding steroid dienone is 3. The average molecular weight is 192 g/mol. The highest BCUT2D eigenvalue weighted by Gasteiger charge is 2.22. The van der Waals surface area contributed by atoms with E-state index in [0.29, 0.717) is 12.2 Å². The molecule has 0 aromatic rings. The van der Waals surface area contributed by atoms with E-state index >= 15 is 0 Å². The lowest BCUT2D eigenvalue weighted by Gasteiger charge is -2.12. The van der Waals surface area contributed by atoms with E-state index in [2.05, 4.69) is 0 Å². The first-order chi connectivity index (χ1) is 6.79. The maximum atomic E-state index is 11.4. The quantitative estimate of drug-likeness (QED) is 0.502. The highest BCUT2D eigenvalue weighted by molar-refractivity contribution is 5.83. The van der Waals surface area contributed by atoms with Gasteiger partial charge in [-0.1, -0.05) is 25.2 Å². The van der Waals surface area contributed by atoms with E-state index in [1.807, 2.05) is 6.92 Å². The molecule has 0 aromatic heterocycles. The molecule has 0 heterocycles. The lowest BCUT2D eigenvalue weighted by atomic mass is 9.96. The second-order valence-electron chi connectivity index (χ2n) is 2.95. The lowest BCUT2D eigenvalue weighted by Crippen LogP contribution is -2.19. The molecule has 1 rings (SSSR count). The first-order valence-electron chi connectivity index (χ1n) is 4.56. The third-order valence-electron chi connectivity index (χ3n) is 1.85. The van der Waals surface area contributed by atoms with Gasteiger partial charge in [0.25, 0.3) is 0 Å². The Kier molecular flexibility index (Phi) is 3.89. The molecule has 1 unspecified atom stereocenters. The Morgan fingerprint density at radius 2 is 2.36 bits per heavy atom. The van der Waals surface area contributed by atoms with Crippen molar-refractivity contribution in [3.05, 3.63) is 29.9 Å². The fourth-order valence-electron chi connectivity index (χ4n) is 1.14. The zero-order valence-electron chi connectivity index (χ0n) is 8.03. The van der Waals surface area contributed by atoms with Gasteiger partial charge in [-0.2, -0.15) is 0 Å². The monoisotopic (exact) mass is 192 g/mol. The van der Waals surface area contributed by atoms with Crippen molar-refractivity contribution in [3.63, 3.8) is 0 Å². The molecule has 0 fully saturated rings. The van der Waals surface area contributed by atoms with Gasteiger partial charge in [0.1, 0.15) is 11.9 Å². The molecule has 0 aromatic carbocycles. The van der Waals surface area contributed by atoms with Crippen LogP contribution >= 0.6 is 0 Å². The normalized spacial score (nSPS) is 19.2. The number of esters is 1. The van der Waals surface area contributed by atoms with Gasteiger partial charge >= 0.3 is 5.97 Å². The van der Waals surface area contributed by atoms with Crippen molar-refractivity contribution in [2.24, 2.45) is 5.92 Å². The highest BCUT2D eigenvalue weighted by Crippen LogP contribution is 2.17. The Morgan fingerprint density at radius 3 is 3.00 bits per heavy atom. The standard InChI is InChI=1S/C11H12O3/c1-2-7-14-11(13)10-6-4-3-5-9(10)8-12/h3-6,10H,2,7H2,1H3. The summed E-state index contributed by atoms with van der Waals surface area (Å²) in [7, 11) is 0. The van der Waals surface area contributed by atoms with Gasteiger partial charge < -0.3 is 4.74 Å². The van der Waals surface area contributed by atoms with Crippen molar-refractivity contribution in [1.82, 2.24) is 0 Å². The number of carbonyl (C=O) groups excluding carboxylic acids is 2. The van der Waals surface area contributed by atoms with E-state index in [4.69, 9.17) is 4.74 Å². The molecule has 1 aliphatic carbocycles. The molecule has 0 spiro atoms. The largest absolute Gasteiger partial charge is 0.465 e. The van der Waals surface area contributed by atoms with Crippen LogP contribution < -0.4 is 0 Å². The first-order valence-corrected chi connectivity index (χ1v) is 4.56. The van der Waals surface area contributed by atoms with Crippen LogP contribution in [0.25, 0.3) is 0 Å². The van der Waals surface area contributed by atoms with Crippen molar-refractivity contribution in [2.45, 2.75) is 13.3 Å². The Labute approximate surface area is 82.8 Å². The van der Waals surface area contributed by atoms with Crippen molar-refractivity contribution in [1.29, 1.82) is 0 Å². The summed E-state index contributed by atoms with van der Waals surface area (Å²) in [4.78, 5) is 21.9. The molecule has 0 saturated carbocycles. The number of rotatable bonds is 3. The second kappa shape index (κ2) is 5.20. The summed E-state index contributed by atoms with van der Waals surface area (Å²) >= 11 is 0. The molecule has 0 N–H and O–H groups in total. The minimum Gasteiger partial charge on any atom is -0.465 e. The molecule has 14 heavy (non-hydrogen) atoms. The summed E-state index contributed by atoms with van der Waals surface area (Å²) in [6.07, 6.45) is 7.41. The second-order valence-corrected chi connectivity index (χ2v) is 2.95. The topological polar surface area (TPSA) is 43.4 Å². The van der Waals surface area contributed by atoms with E-state index in [1.54, 1.807) is 30.2 Å². The SMILES string of the molecule is CCCOC(=O)C1C=CC=CC1=C=O. The molecular weight excluding hydrogens is 180 g/mol. The minimum absolute atomic E-state index is 0.327. The third-order valence-corrected chi connectivity index (χ3v) is 1.85. The lowest BCUT2D eigenvalue weighted by molar-refractivity contribution is -0.145. The molecule has 3 heteroatoms. The molecule has 3 nitrogen and oxygen atoms in total. The van der Waals surface area contributed by atoms with Crippen LogP contribution in [0.2, 0.25) is 0 Å². The third kappa shape index (κ3) is 2.44. The van der Waals surface area contributed by atoms with Crippen molar-refractivity contribution >= 4 is 11.9 Å². The van der Waals surface area contributed by atoms with Gasteiger partial charge in [0.05, 0.1) is 12.2 Å². The Bertz CT molecular complexity index is 319. The number of hydrogen-bond donors (Lipinski definition) is 0. The Balaban J connectivity index is 2.67. The summed E-state index contributed by atoms with van der Waals surface area (Å²) in [5, 5.41) is 0. The van der Waals surface area contributed by atoms with Gasteiger partial charge in [-0.25, -0.2) is 4.79 Å². The van der Waals surface area contributed by atoms with Crippen molar-refractivity contribution in [2.75, 3.05) is 6.61 Å². The van der Waals surface area contributed by atoms with Crippen LogP contribution in [-0.2, 0) is 14.3 Å². The Hall–Kier alpha value is -1.60. The van der Waals surface area contributed by atoms with Crippen molar-refractivity contribution in [3.8, 4) is 0 Å². The molecule has 0 bridgehead atoms. The number of hydrogen-bond acceptors (Lipinski definition) is 3. The number of carbonyl (C=O) groups is 1. The highest BCUT2D eigenvalue weighted by atomic mass is 16.5. The fourth-order valence-corrected chi connectivity index (χ4v) is 1.14. The smallest absolute Gasteiger partial charge is 0.318 e. The van der Waals surface area contributed by atoms with Crippen LogP contribution in [0.3, 0.4) is 0 Å². The molecule has 0 saturated heterocycles. The van der Waals surface area contributed by atoms with Gasteiger partial charge in [0.2, 0.25) is 0 Å². The van der Waals surface area contributed by atoms with Crippen molar-refractivity contribution < 1.29 is 14.3 Å². The fraction of sp³-hybridized carbons (Fsp3) is 0.364. The first kappa shape index (κ1) is 10.5. The maximum absolute atomic E-state index is 11.4.